The lowest BCUT2D eigenvalue weighted by Gasteiger charge is -2.27. The molecule has 0 radical (unpaired) electrons. The Morgan fingerprint density at radius 3 is 2.18 bits per heavy atom. The average Bonchev–Trinajstić information content (AvgIpc) is 2.87. The minimum atomic E-state index is -0.634. The molecule has 5 N–H and O–H groups in total. The SMILES string of the molecule is CN[C@H](CC1CCCCC1)C(=O)N[C@@H](Cc1ccccc1)C(=O)NCc1ccc(CN)cc1. The highest BCUT2D eigenvalue weighted by Crippen LogP contribution is 2.27. The third-order valence-corrected chi connectivity index (χ3v) is 6.60. The third kappa shape index (κ3) is 7.98. The van der Waals surface area contributed by atoms with Crippen LogP contribution in [-0.4, -0.2) is 30.9 Å². The van der Waals surface area contributed by atoms with Gasteiger partial charge in [-0.2, -0.15) is 0 Å². The zero-order valence-electron chi connectivity index (χ0n) is 19.7. The van der Waals surface area contributed by atoms with Crippen molar-refractivity contribution in [1.29, 1.82) is 0 Å². The first-order valence-corrected chi connectivity index (χ1v) is 12.2. The van der Waals surface area contributed by atoms with Crippen molar-refractivity contribution in [3.05, 3.63) is 71.3 Å². The van der Waals surface area contributed by atoms with Crippen molar-refractivity contribution in [2.45, 2.75) is 70.1 Å². The van der Waals surface area contributed by atoms with Gasteiger partial charge in [-0.15, -0.1) is 0 Å². The van der Waals surface area contributed by atoms with Crippen LogP contribution < -0.4 is 21.7 Å². The number of rotatable bonds is 11. The van der Waals surface area contributed by atoms with Crippen LogP contribution in [0.2, 0.25) is 0 Å². The predicted octanol–water partition coefficient (Wildman–Crippen LogP) is 3.05. The van der Waals surface area contributed by atoms with Gasteiger partial charge >= 0.3 is 0 Å². The minimum Gasteiger partial charge on any atom is -0.350 e. The molecule has 6 heteroatoms. The second-order valence-electron chi connectivity index (χ2n) is 9.07. The van der Waals surface area contributed by atoms with Crippen LogP contribution in [0, 0.1) is 5.92 Å². The molecule has 3 rings (SSSR count). The quantitative estimate of drug-likeness (QED) is 0.423. The van der Waals surface area contributed by atoms with Crippen molar-refractivity contribution in [2.24, 2.45) is 11.7 Å². The van der Waals surface area contributed by atoms with Gasteiger partial charge in [-0.25, -0.2) is 0 Å². The highest BCUT2D eigenvalue weighted by Gasteiger charge is 2.27. The molecule has 0 saturated heterocycles. The van der Waals surface area contributed by atoms with Crippen molar-refractivity contribution in [2.75, 3.05) is 7.05 Å². The van der Waals surface area contributed by atoms with Gasteiger partial charge in [-0.3, -0.25) is 9.59 Å². The maximum atomic E-state index is 13.1. The van der Waals surface area contributed by atoms with Gasteiger partial charge in [0.1, 0.15) is 6.04 Å². The Kier molecular flexibility index (Phi) is 9.91. The Labute approximate surface area is 197 Å². The number of hydrogen-bond acceptors (Lipinski definition) is 4. The van der Waals surface area contributed by atoms with Crippen molar-refractivity contribution >= 4 is 11.8 Å². The van der Waals surface area contributed by atoms with Gasteiger partial charge < -0.3 is 21.7 Å². The van der Waals surface area contributed by atoms with E-state index in [0.29, 0.717) is 25.4 Å². The molecule has 33 heavy (non-hydrogen) atoms. The van der Waals surface area contributed by atoms with Crippen molar-refractivity contribution < 1.29 is 9.59 Å². The lowest BCUT2D eigenvalue weighted by Crippen LogP contribution is -2.53. The van der Waals surface area contributed by atoms with Gasteiger partial charge in [-0.05, 0) is 36.1 Å². The van der Waals surface area contributed by atoms with E-state index in [1.807, 2.05) is 61.6 Å². The summed E-state index contributed by atoms with van der Waals surface area (Å²) in [6.45, 7) is 0.897. The Morgan fingerprint density at radius 1 is 0.879 bits per heavy atom. The number of benzene rings is 2. The molecule has 0 bridgehead atoms. The Morgan fingerprint density at radius 2 is 1.55 bits per heavy atom. The van der Waals surface area contributed by atoms with Crippen LogP contribution in [0.3, 0.4) is 0 Å². The summed E-state index contributed by atoms with van der Waals surface area (Å²) in [5, 5.41) is 9.20. The summed E-state index contributed by atoms with van der Waals surface area (Å²) in [4.78, 5) is 26.2. The molecule has 2 aromatic carbocycles. The van der Waals surface area contributed by atoms with E-state index >= 15 is 0 Å². The van der Waals surface area contributed by atoms with Crippen molar-refractivity contribution in [1.82, 2.24) is 16.0 Å². The number of nitrogens with two attached hydrogens (primary N) is 1. The van der Waals surface area contributed by atoms with Crippen LogP contribution in [0.5, 0.6) is 0 Å². The number of likely N-dealkylation sites (N-methyl/N-ethyl adjacent to an activating group) is 1. The minimum absolute atomic E-state index is 0.105. The van der Waals surface area contributed by atoms with Crippen molar-refractivity contribution in [3.8, 4) is 0 Å². The Hall–Kier alpha value is -2.70. The standard InChI is InChI=1S/C27H38N4O2/c1-29-24(16-20-8-4-2-5-9-20)27(33)31-25(17-21-10-6-3-7-11-21)26(32)30-19-23-14-12-22(18-28)13-15-23/h3,6-7,10-15,20,24-25,29H,2,4-5,8-9,16-19,28H2,1H3,(H,30,32)(H,31,33)/t24-,25+/m1/s1. The molecule has 0 spiro atoms. The molecule has 178 valence electrons. The van der Waals surface area contributed by atoms with Gasteiger partial charge in [-0.1, -0.05) is 86.7 Å². The Balaban J connectivity index is 1.64. The van der Waals surface area contributed by atoms with E-state index in [-0.39, 0.29) is 17.9 Å². The van der Waals surface area contributed by atoms with E-state index < -0.39 is 6.04 Å². The molecule has 1 aliphatic rings. The van der Waals surface area contributed by atoms with Crippen LogP contribution in [0.4, 0.5) is 0 Å². The van der Waals surface area contributed by atoms with Gasteiger partial charge in [0.05, 0.1) is 6.04 Å². The summed E-state index contributed by atoms with van der Waals surface area (Å²) < 4.78 is 0. The van der Waals surface area contributed by atoms with E-state index in [1.165, 1.54) is 32.1 Å². The summed E-state index contributed by atoms with van der Waals surface area (Å²) in [6.07, 6.45) is 7.41. The van der Waals surface area contributed by atoms with E-state index in [9.17, 15) is 9.59 Å². The molecule has 2 aromatic rings. The predicted molar refractivity (Wildman–Crippen MR) is 132 cm³/mol. The Bertz CT molecular complexity index is 863. The monoisotopic (exact) mass is 450 g/mol. The van der Waals surface area contributed by atoms with E-state index in [2.05, 4.69) is 16.0 Å². The van der Waals surface area contributed by atoms with Crippen molar-refractivity contribution in [3.63, 3.8) is 0 Å². The number of amides is 2. The first kappa shape index (κ1) is 24.9. The average molecular weight is 451 g/mol. The van der Waals surface area contributed by atoms with Gasteiger partial charge in [0.15, 0.2) is 0 Å². The van der Waals surface area contributed by atoms with Crippen LogP contribution in [0.15, 0.2) is 54.6 Å². The fourth-order valence-corrected chi connectivity index (χ4v) is 4.55. The number of carbonyl (C=O) groups is 2. The van der Waals surface area contributed by atoms with Crippen LogP contribution in [-0.2, 0) is 29.1 Å². The largest absolute Gasteiger partial charge is 0.350 e. The summed E-state index contributed by atoms with van der Waals surface area (Å²) in [7, 11) is 1.82. The third-order valence-electron chi connectivity index (χ3n) is 6.60. The molecule has 0 aliphatic heterocycles. The molecule has 6 nitrogen and oxygen atoms in total. The molecular formula is C27H38N4O2. The highest BCUT2D eigenvalue weighted by atomic mass is 16.2. The maximum Gasteiger partial charge on any atom is 0.243 e. The maximum absolute atomic E-state index is 13.1. The number of carbonyl (C=O) groups excluding carboxylic acids is 2. The lowest BCUT2D eigenvalue weighted by molar-refractivity contribution is -0.130. The molecule has 2 atom stereocenters. The van der Waals surface area contributed by atoms with E-state index in [4.69, 9.17) is 5.73 Å². The second kappa shape index (κ2) is 13.1. The first-order valence-electron chi connectivity index (χ1n) is 12.2. The highest BCUT2D eigenvalue weighted by molar-refractivity contribution is 5.90. The smallest absolute Gasteiger partial charge is 0.243 e. The fourth-order valence-electron chi connectivity index (χ4n) is 4.55. The normalized spacial score (nSPS) is 16.1. The molecule has 0 unspecified atom stereocenters. The van der Waals surface area contributed by atoms with Gasteiger partial charge in [0, 0.05) is 19.5 Å². The van der Waals surface area contributed by atoms with Crippen LogP contribution >= 0.6 is 0 Å². The van der Waals surface area contributed by atoms with Gasteiger partial charge in [0.2, 0.25) is 11.8 Å². The topological polar surface area (TPSA) is 96.2 Å². The molecule has 0 aromatic heterocycles. The summed E-state index contributed by atoms with van der Waals surface area (Å²) in [5.41, 5.74) is 8.72. The summed E-state index contributed by atoms with van der Waals surface area (Å²) in [6, 6.07) is 16.8. The molecule has 1 saturated carbocycles. The molecule has 1 fully saturated rings. The molecule has 1 aliphatic carbocycles. The van der Waals surface area contributed by atoms with Crippen LogP contribution in [0.1, 0.15) is 55.2 Å². The molecule has 0 heterocycles. The molecule has 2 amide bonds. The summed E-state index contributed by atoms with van der Waals surface area (Å²) >= 11 is 0. The zero-order chi connectivity index (χ0) is 23.5. The van der Waals surface area contributed by atoms with E-state index in [1.54, 1.807) is 0 Å². The lowest BCUT2D eigenvalue weighted by atomic mass is 9.84. The van der Waals surface area contributed by atoms with Crippen LogP contribution in [0.25, 0.3) is 0 Å². The fraction of sp³-hybridized carbons (Fsp3) is 0.481. The zero-order valence-corrected chi connectivity index (χ0v) is 19.7. The van der Waals surface area contributed by atoms with E-state index in [0.717, 1.165) is 23.1 Å². The summed E-state index contributed by atoms with van der Waals surface area (Å²) in [5.74, 6) is 0.286. The first-order chi connectivity index (χ1) is 16.1. The van der Waals surface area contributed by atoms with Gasteiger partial charge in [0.25, 0.3) is 0 Å². The number of hydrogen-bond donors (Lipinski definition) is 4. The number of nitrogens with one attached hydrogen (secondary N) is 3. The molecular weight excluding hydrogens is 412 g/mol. The second-order valence-corrected chi connectivity index (χ2v) is 9.07.